The second kappa shape index (κ2) is 18.1. The number of ether oxygens (including phenoxy) is 3. The Morgan fingerprint density at radius 1 is 0.611 bits per heavy atom. The predicted molar refractivity (Wildman–Crippen MR) is 152 cm³/mol. The highest BCUT2D eigenvalue weighted by atomic mass is 16.5. The van der Waals surface area contributed by atoms with E-state index in [1.165, 1.54) is 38.5 Å². The second-order valence-corrected chi connectivity index (χ2v) is 9.87. The first-order valence-electron chi connectivity index (χ1n) is 14.8. The SMILES string of the molecule is CCCCCCCCn1c(=O)c(OCCCCCC)c(OCCCC)c2ccc(OCCCC)cc21. The molecule has 0 aliphatic carbocycles. The number of fused-ring (bicyclic) bond motifs is 1. The summed E-state index contributed by atoms with van der Waals surface area (Å²) in [6, 6.07) is 6.05. The number of hydrogen-bond acceptors (Lipinski definition) is 4. The van der Waals surface area contributed by atoms with E-state index in [0.717, 1.165) is 68.0 Å². The van der Waals surface area contributed by atoms with Gasteiger partial charge in [0.1, 0.15) is 5.75 Å². The van der Waals surface area contributed by atoms with Crippen LogP contribution in [-0.2, 0) is 6.54 Å². The van der Waals surface area contributed by atoms with Gasteiger partial charge in [-0.3, -0.25) is 4.79 Å². The van der Waals surface area contributed by atoms with E-state index in [9.17, 15) is 4.79 Å². The van der Waals surface area contributed by atoms with E-state index in [2.05, 4.69) is 27.7 Å². The highest BCUT2D eigenvalue weighted by Gasteiger charge is 2.20. The normalized spacial score (nSPS) is 11.2. The van der Waals surface area contributed by atoms with Crippen molar-refractivity contribution < 1.29 is 14.2 Å². The molecule has 0 saturated heterocycles. The van der Waals surface area contributed by atoms with Crippen molar-refractivity contribution in [2.75, 3.05) is 19.8 Å². The Morgan fingerprint density at radius 3 is 1.86 bits per heavy atom. The Kier molecular flexibility index (Phi) is 15.1. The van der Waals surface area contributed by atoms with Gasteiger partial charge < -0.3 is 18.8 Å². The fraction of sp³-hybridized carbons (Fsp3) is 0.710. The van der Waals surface area contributed by atoms with Crippen LogP contribution in [0.25, 0.3) is 10.9 Å². The minimum absolute atomic E-state index is 0.0799. The van der Waals surface area contributed by atoms with Gasteiger partial charge in [0, 0.05) is 18.0 Å². The molecule has 0 spiro atoms. The molecule has 36 heavy (non-hydrogen) atoms. The molecule has 0 atom stereocenters. The van der Waals surface area contributed by atoms with Crippen LogP contribution >= 0.6 is 0 Å². The fourth-order valence-electron chi connectivity index (χ4n) is 4.37. The van der Waals surface area contributed by atoms with E-state index in [-0.39, 0.29) is 5.56 Å². The van der Waals surface area contributed by atoms with Crippen LogP contribution < -0.4 is 19.8 Å². The lowest BCUT2D eigenvalue weighted by molar-refractivity contribution is 0.258. The summed E-state index contributed by atoms with van der Waals surface area (Å²) in [5.74, 6) is 1.78. The van der Waals surface area contributed by atoms with Crippen LogP contribution in [-0.4, -0.2) is 24.4 Å². The van der Waals surface area contributed by atoms with Gasteiger partial charge in [0.05, 0.1) is 25.3 Å². The van der Waals surface area contributed by atoms with E-state index in [1.807, 2.05) is 22.8 Å². The third kappa shape index (κ3) is 9.71. The largest absolute Gasteiger partial charge is 0.494 e. The number of hydrogen-bond donors (Lipinski definition) is 0. The molecule has 2 rings (SSSR count). The molecule has 5 nitrogen and oxygen atoms in total. The van der Waals surface area contributed by atoms with E-state index >= 15 is 0 Å². The van der Waals surface area contributed by atoms with Crippen molar-refractivity contribution in [2.24, 2.45) is 0 Å². The summed E-state index contributed by atoms with van der Waals surface area (Å²) < 4.78 is 20.3. The summed E-state index contributed by atoms with van der Waals surface area (Å²) in [4.78, 5) is 13.8. The molecule has 0 radical (unpaired) electrons. The van der Waals surface area contributed by atoms with Crippen LogP contribution in [0.2, 0.25) is 0 Å². The number of aryl methyl sites for hydroxylation is 1. The summed E-state index contributed by atoms with van der Waals surface area (Å²) >= 11 is 0. The Hall–Kier alpha value is -2.17. The molecule has 0 aliphatic heterocycles. The van der Waals surface area contributed by atoms with Crippen LogP contribution in [0, 0.1) is 0 Å². The van der Waals surface area contributed by atoms with Gasteiger partial charge in [-0.05, 0) is 37.8 Å². The Labute approximate surface area is 219 Å². The quantitative estimate of drug-likeness (QED) is 0.161. The lowest BCUT2D eigenvalue weighted by atomic mass is 10.1. The maximum atomic E-state index is 13.8. The maximum absolute atomic E-state index is 13.8. The number of pyridine rings is 1. The number of rotatable bonds is 21. The van der Waals surface area contributed by atoms with E-state index in [0.29, 0.717) is 37.9 Å². The van der Waals surface area contributed by atoms with Gasteiger partial charge in [-0.25, -0.2) is 0 Å². The average molecular weight is 502 g/mol. The van der Waals surface area contributed by atoms with Crippen LogP contribution in [0.15, 0.2) is 23.0 Å². The third-order valence-electron chi connectivity index (χ3n) is 6.64. The van der Waals surface area contributed by atoms with Crippen LogP contribution in [0.1, 0.15) is 118 Å². The minimum Gasteiger partial charge on any atom is -0.494 e. The number of nitrogens with zero attached hydrogens (tertiary/aromatic N) is 1. The predicted octanol–water partition coefficient (Wildman–Crippen LogP) is 8.68. The van der Waals surface area contributed by atoms with E-state index in [1.54, 1.807) is 0 Å². The molecule has 1 aromatic carbocycles. The molecular weight excluding hydrogens is 450 g/mol. The molecule has 1 heterocycles. The molecule has 2 aromatic rings. The summed E-state index contributed by atoms with van der Waals surface area (Å²) in [6.45, 7) is 11.2. The van der Waals surface area contributed by atoms with Gasteiger partial charge in [0.2, 0.25) is 5.75 Å². The smallest absolute Gasteiger partial charge is 0.297 e. The first-order valence-corrected chi connectivity index (χ1v) is 14.8. The van der Waals surface area contributed by atoms with Crippen molar-refractivity contribution in [3.63, 3.8) is 0 Å². The Balaban J connectivity index is 2.42. The van der Waals surface area contributed by atoms with Crippen molar-refractivity contribution in [2.45, 2.75) is 124 Å². The maximum Gasteiger partial charge on any atom is 0.297 e. The Morgan fingerprint density at radius 2 is 1.17 bits per heavy atom. The van der Waals surface area contributed by atoms with Crippen molar-refractivity contribution in [1.29, 1.82) is 0 Å². The molecule has 1 aromatic heterocycles. The highest BCUT2D eigenvalue weighted by Crippen LogP contribution is 2.35. The molecule has 0 amide bonds. The average Bonchev–Trinajstić information content (AvgIpc) is 2.88. The van der Waals surface area contributed by atoms with Crippen LogP contribution in [0.5, 0.6) is 17.2 Å². The monoisotopic (exact) mass is 501 g/mol. The number of benzene rings is 1. The van der Waals surface area contributed by atoms with Gasteiger partial charge >= 0.3 is 0 Å². The third-order valence-corrected chi connectivity index (χ3v) is 6.64. The van der Waals surface area contributed by atoms with Gasteiger partial charge in [-0.1, -0.05) is 91.9 Å². The minimum atomic E-state index is -0.0799. The summed E-state index contributed by atoms with van der Waals surface area (Å²) in [6.07, 6.45) is 15.6. The lowest BCUT2D eigenvalue weighted by Crippen LogP contribution is -2.24. The molecule has 5 heteroatoms. The Bertz CT molecular complexity index is 921. The number of unbranched alkanes of at least 4 members (excludes halogenated alkanes) is 10. The molecule has 0 fully saturated rings. The second-order valence-electron chi connectivity index (χ2n) is 9.87. The van der Waals surface area contributed by atoms with Gasteiger partial charge in [0.25, 0.3) is 5.56 Å². The lowest BCUT2D eigenvalue weighted by Gasteiger charge is -2.19. The van der Waals surface area contributed by atoms with Crippen molar-refractivity contribution in [3.8, 4) is 17.2 Å². The van der Waals surface area contributed by atoms with Crippen molar-refractivity contribution in [3.05, 3.63) is 28.6 Å². The topological polar surface area (TPSA) is 49.7 Å². The first-order chi connectivity index (χ1) is 17.7. The summed E-state index contributed by atoms with van der Waals surface area (Å²) in [5.41, 5.74) is 0.802. The molecular formula is C31H51NO4. The summed E-state index contributed by atoms with van der Waals surface area (Å²) in [5, 5.41) is 0.933. The molecule has 0 unspecified atom stereocenters. The van der Waals surface area contributed by atoms with Crippen LogP contribution in [0.3, 0.4) is 0 Å². The zero-order valence-corrected chi connectivity index (χ0v) is 23.5. The van der Waals surface area contributed by atoms with Crippen molar-refractivity contribution >= 4 is 10.9 Å². The van der Waals surface area contributed by atoms with Gasteiger partial charge in [-0.2, -0.15) is 0 Å². The van der Waals surface area contributed by atoms with E-state index in [4.69, 9.17) is 14.2 Å². The van der Waals surface area contributed by atoms with Gasteiger partial charge in [-0.15, -0.1) is 0 Å². The standard InChI is InChI=1S/C31H51NO4/c1-5-9-13-15-16-17-21-32-28-25-26(34-22-11-7-3)19-20-27(28)29(35-23-12-8-4)30(31(32)33)36-24-18-14-10-6-2/h19-20,25H,5-18,21-24H2,1-4H3. The highest BCUT2D eigenvalue weighted by molar-refractivity contribution is 5.89. The van der Waals surface area contributed by atoms with E-state index < -0.39 is 0 Å². The zero-order chi connectivity index (χ0) is 26.0. The zero-order valence-electron chi connectivity index (χ0n) is 23.5. The first kappa shape index (κ1) is 30.1. The molecule has 0 aliphatic rings. The van der Waals surface area contributed by atoms with Crippen molar-refractivity contribution in [1.82, 2.24) is 4.57 Å². The molecule has 204 valence electrons. The van der Waals surface area contributed by atoms with Gasteiger partial charge in [0.15, 0.2) is 5.75 Å². The number of aromatic nitrogens is 1. The molecule has 0 N–H and O–H groups in total. The summed E-state index contributed by atoms with van der Waals surface area (Å²) in [7, 11) is 0. The van der Waals surface area contributed by atoms with Crippen LogP contribution in [0.4, 0.5) is 0 Å². The molecule has 0 saturated carbocycles. The molecule has 0 bridgehead atoms. The fourth-order valence-corrected chi connectivity index (χ4v) is 4.37.